The summed E-state index contributed by atoms with van der Waals surface area (Å²) in [4.78, 5) is 30.3. The zero-order valence-electron chi connectivity index (χ0n) is 15.5. The summed E-state index contributed by atoms with van der Waals surface area (Å²) in [5, 5.41) is 0. The van der Waals surface area contributed by atoms with Gasteiger partial charge >= 0.3 is 6.18 Å². The van der Waals surface area contributed by atoms with E-state index < -0.39 is 17.8 Å². The number of benzene rings is 1. The second-order valence-corrected chi connectivity index (χ2v) is 9.13. The van der Waals surface area contributed by atoms with Gasteiger partial charge in [-0.15, -0.1) is 11.8 Å². The monoisotopic (exact) mass is 413 g/mol. The van der Waals surface area contributed by atoms with Gasteiger partial charge in [0.05, 0.1) is 10.4 Å². The summed E-state index contributed by atoms with van der Waals surface area (Å²) in [7, 11) is 0. The van der Waals surface area contributed by atoms with E-state index in [2.05, 4.69) is 0 Å². The van der Waals surface area contributed by atoms with Crippen molar-refractivity contribution in [3.05, 3.63) is 29.8 Å². The number of hydrogen-bond donors (Lipinski definition) is 0. The van der Waals surface area contributed by atoms with Gasteiger partial charge in [0.25, 0.3) is 0 Å². The summed E-state index contributed by atoms with van der Waals surface area (Å²) in [5.74, 6) is 0.596. The van der Waals surface area contributed by atoms with E-state index in [9.17, 15) is 22.8 Å². The molecule has 2 atom stereocenters. The van der Waals surface area contributed by atoms with Crippen LogP contribution in [-0.2, 0) is 15.8 Å². The Morgan fingerprint density at radius 2 is 1.93 bits per heavy atom. The molecule has 1 aromatic carbocycles. The number of fused-ring (bicyclic) bond motifs is 1. The number of carbonyl (C=O) groups is 2. The molecule has 0 spiro atoms. The third kappa shape index (κ3) is 3.33. The second kappa shape index (κ2) is 6.86. The Hall–Kier alpha value is -1.90. The van der Waals surface area contributed by atoms with Crippen LogP contribution in [0.15, 0.2) is 24.3 Å². The van der Waals surface area contributed by atoms with Crippen molar-refractivity contribution in [2.75, 3.05) is 36.8 Å². The van der Waals surface area contributed by atoms with Gasteiger partial charge < -0.3 is 14.7 Å². The largest absolute Gasteiger partial charge is 0.416 e. The van der Waals surface area contributed by atoms with Crippen LogP contribution < -0.4 is 4.90 Å². The lowest BCUT2D eigenvalue weighted by Gasteiger charge is -2.39. The van der Waals surface area contributed by atoms with Crippen molar-refractivity contribution in [1.29, 1.82) is 0 Å². The van der Waals surface area contributed by atoms with Crippen molar-refractivity contribution < 1.29 is 22.8 Å². The molecule has 2 unspecified atom stereocenters. The fraction of sp³-hybridized carbons (Fsp3) is 0.579. The number of alkyl halides is 3. The van der Waals surface area contributed by atoms with Crippen LogP contribution in [0.2, 0.25) is 0 Å². The van der Waals surface area contributed by atoms with E-state index in [-0.39, 0.29) is 16.7 Å². The molecule has 0 N–H and O–H groups in total. The Labute approximate surface area is 165 Å². The third-order valence-corrected chi connectivity index (χ3v) is 7.36. The highest BCUT2D eigenvalue weighted by molar-refractivity contribution is 8.01. The number of thioether (sulfide) groups is 1. The number of halogens is 3. The van der Waals surface area contributed by atoms with Gasteiger partial charge in [0, 0.05) is 44.0 Å². The first-order valence-corrected chi connectivity index (χ1v) is 10.3. The van der Waals surface area contributed by atoms with Crippen LogP contribution >= 0.6 is 11.8 Å². The molecule has 3 aliphatic heterocycles. The maximum atomic E-state index is 13.0. The quantitative estimate of drug-likeness (QED) is 0.748. The maximum Gasteiger partial charge on any atom is 0.416 e. The predicted molar refractivity (Wildman–Crippen MR) is 101 cm³/mol. The van der Waals surface area contributed by atoms with Crippen molar-refractivity contribution in [3.8, 4) is 0 Å². The standard InChI is InChI=1S/C19H22F3N3O2S/c1-18-6-5-16(26)25(18)15(12-28-18)17(27)24-9-7-23(8-10-24)14-4-2-3-13(11-14)19(20,21)22/h2-4,11,15H,5-10,12H2,1H3. The van der Waals surface area contributed by atoms with Gasteiger partial charge in [-0.3, -0.25) is 9.59 Å². The van der Waals surface area contributed by atoms with Gasteiger partial charge in [-0.1, -0.05) is 6.07 Å². The molecule has 28 heavy (non-hydrogen) atoms. The molecule has 9 heteroatoms. The molecular weight excluding hydrogens is 391 g/mol. The van der Waals surface area contributed by atoms with Crippen LogP contribution in [0.5, 0.6) is 0 Å². The van der Waals surface area contributed by atoms with Crippen molar-refractivity contribution in [2.24, 2.45) is 0 Å². The molecule has 0 bridgehead atoms. The highest BCUT2D eigenvalue weighted by Crippen LogP contribution is 2.47. The zero-order valence-corrected chi connectivity index (χ0v) is 16.4. The first kappa shape index (κ1) is 19.4. The highest BCUT2D eigenvalue weighted by atomic mass is 32.2. The number of nitrogens with zero attached hydrogens (tertiary/aromatic N) is 3. The minimum atomic E-state index is -4.37. The van der Waals surface area contributed by atoms with Crippen LogP contribution in [-0.4, -0.2) is 64.5 Å². The number of piperazine rings is 1. The SMILES string of the molecule is CC12CCC(=O)N1C(C(=O)N1CCN(c3cccc(C(F)(F)F)c3)CC1)CS2. The van der Waals surface area contributed by atoms with Crippen molar-refractivity contribution >= 4 is 29.3 Å². The van der Waals surface area contributed by atoms with Gasteiger partial charge in [0.2, 0.25) is 11.8 Å². The molecule has 0 radical (unpaired) electrons. The van der Waals surface area contributed by atoms with E-state index in [4.69, 9.17) is 0 Å². The van der Waals surface area contributed by atoms with Gasteiger partial charge in [0.1, 0.15) is 6.04 Å². The molecule has 5 nitrogen and oxygen atoms in total. The maximum absolute atomic E-state index is 13.0. The normalized spacial score (nSPS) is 28.1. The number of anilines is 1. The minimum Gasteiger partial charge on any atom is -0.368 e. The zero-order chi connectivity index (χ0) is 20.1. The minimum absolute atomic E-state index is 0.0356. The lowest BCUT2D eigenvalue weighted by Crippen LogP contribution is -2.56. The summed E-state index contributed by atoms with van der Waals surface area (Å²) < 4.78 is 38.8. The summed E-state index contributed by atoms with van der Waals surface area (Å²) in [6.07, 6.45) is -3.12. The number of hydrogen-bond acceptors (Lipinski definition) is 4. The van der Waals surface area contributed by atoms with E-state index in [1.54, 1.807) is 27.6 Å². The van der Waals surface area contributed by atoms with Crippen LogP contribution in [0.4, 0.5) is 18.9 Å². The van der Waals surface area contributed by atoms with E-state index in [0.29, 0.717) is 44.0 Å². The fourth-order valence-electron chi connectivity index (χ4n) is 4.28. The molecule has 4 rings (SSSR count). The summed E-state index contributed by atoms with van der Waals surface area (Å²) in [6, 6.07) is 4.86. The summed E-state index contributed by atoms with van der Waals surface area (Å²) in [6.45, 7) is 3.83. The Morgan fingerprint density at radius 1 is 1.21 bits per heavy atom. The van der Waals surface area contributed by atoms with E-state index in [0.717, 1.165) is 18.6 Å². The van der Waals surface area contributed by atoms with Gasteiger partial charge in [0.15, 0.2) is 0 Å². The first-order chi connectivity index (χ1) is 13.2. The molecule has 3 heterocycles. The first-order valence-electron chi connectivity index (χ1n) is 9.36. The molecule has 3 aliphatic rings. The van der Waals surface area contributed by atoms with E-state index >= 15 is 0 Å². The van der Waals surface area contributed by atoms with Crippen LogP contribution in [0.1, 0.15) is 25.3 Å². The topological polar surface area (TPSA) is 43.9 Å². The molecule has 152 valence electrons. The predicted octanol–water partition coefficient (Wildman–Crippen LogP) is 2.81. The van der Waals surface area contributed by atoms with Crippen LogP contribution in [0.3, 0.4) is 0 Å². The Bertz CT molecular complexity index is 795. The Kier molecular flexibility index (Phi) is 4.76. The number of amides is 2. The molecule has 3 fully saturated rings. The van der Waals surface area contributed by atoms with Gasteiger partial charge in [-0.2, -0.15) is 13.2 Å². The smallest absolute Gasteiger partial charge is 0.368 e. The molecule has 1 aromatic rings. The lowest BCUT2D eigenvalue weighted by molar-refractivity contribution is -0.143. The average Bonchev–Trinajstić information content (AvgIpc) is 3.17. The Balaban J connectivity index is 1.41. The fourth-order valence-corrected chi connectivity index (χ4v) is 5.70. The van der Waals surface area contributed by atoms with Crippen molar-refractivity contribution in [3.63, 3.8) is 0 Å². The Morgan fingerprint density at radius 3 is 2.61 bits per heavy atom. The number of carbonyl (C=O) groups excluding carboxylic acids is 2. The highest BCUT2D eigenvalue weighted by Gasteiger charge is 2.53. The average molecular weight is 413 g/mol. The van der Waals surface area contributed by atoms with Crippen molar-refractivity contribution in [2.45, 2.75) is 36.9 Å². The lowest BCUT2D eigenvalue weighted by atomic mass is 10.1. The third-order valence-electron chi connectivity index (χ3n) is 5.86. The molecule has 0 aliphatic carbocycles. The molecule has 0 saturated carbocycles. The second-order valence-electron chi connectivity index (χ2n) is 7.63. The van der Waals surface area contributed by atoms with E-state index in [1.165, 1.54) is 6.07 Å². The van der Waals surface area contributed by atoms with Crippen molar-refractivity contribution in [1.82, 2.24) is 9.80 Å². The van der Waals surface area contributed by atoms with E-state index in [1.807, 2.05) is 11.8 Å². The number of rotatable bonds is 2. The van der Waals surface area contributed by atoms with Gasteiger partial charge in [-0.05, 0) is 31.5 Å². The molecule has 0 aromatic heterocycles. The van der Waals surface area contributed by atoms with Crippen LogP contribution in [0, 0.1) is 0 Å². The van der Waals surface area contributed by atoms with Crippen LogP contribution in [0.25, 0.3) is 0 Å². The summed E-state index contributed by atoms with van der Waals surface area (Å²) >= 11 is 1.66. The molecule has 2 amide bonds. The summed E-state index contributed by atoms with van der Waals surface area (Å²) in [5.41, 5.74) is -0.154. The molecule has 3 saturated heterocycles. The van der Waals surface area contributed by atoms with Gasteiger partial charge in [-0.25, -0.2) is 0 Å². The molecular formula is C19H22F3N3O2S.